The van der Waals surface area contributed by atoms with Crippen molar-refractivity contribution in [2.75, 3.05) is 6.67 Å². The Bertz CT molecular complexity index is 691. The van der Waals surface area contributed by atoms with Gasteiger partial charge in [0.2, 0.25) is 0 Å². The predicted octanol–water partition coefficient (Wildman–Crippen LogP) is 4.73. The maximum atomic E-state index is 13.0. The maximum Gasteiger partial charge on any atom is 0.337 e. The fraction of sp³-hybridized carbons (Fsp3) is 0.913. The fourth-order valence-electron chi connectivity index (χ4n) is 9.28. The minimum atomic E-state index is -1.02. The first-order valence-electron chi connectivity index (χ1n) is 11.0. The summed E-state index contributed by atoms with van der Waals surface area (Å²) < 4.78 is 18.7. The van der Waals surface area contributed by atoms with Crippen LogP contribution in [0.4, 0.5) is 4.39 Å². The van der Waals surface area contributed by atoms with Crippen molar-refractivity contribution in [1.82, 2.24) is 0 Å². The van der Waals surface area contributed by atoms with Gasteiger partial charge in [-0.3, -0.25) is 4.79 Å². The van der Waals surface area contributed by atoms with Crippen LogP contribution < -0.4 is 0 Å². The Hall–Kier alpha value is -0.930. The van der Waals surface area contributed by atoms with Gasteiger partial charge in [-0.25, -0.2) is 9.18 Å². The molecule has 0 saturated heterocycles. The van der Waals surface area contributed by atoms with Crippen LogP contribution in [0, 0.1) is 45.8 Å². The Morgan fingerprint density at radius 2 is 1.85 bits per heavy atom. The summed E-state index contributed by atoms with van der Waals surface area (Å²) in [6, 6.07) is 0. The van der Waals surface area contributed by atoms with Gasteiger partial charge in [0.25, 0.3) is 0 Å². The average molecular weight is 377 g/mol. The van der Waals surface area contributed by atoms with Crippen molar-refractivity contribution < 1.29 is 18.7 Å². The van der Waals surface area contributed by atoms with Crippen LogP contribution in [0.5, 0.6) is 0 Å². The van der Waals surface area contributed by atoms with Gasteiger partial charge in [0.1, 0.15) is 11.9 Å². The summed E-state index contributed by atoms with van der Waals surface area (Å²) in [6.07, 6.45) is 8.91. The van der Waals surface area contributed by atoms with Gasteiger partial charge in [0.15, 0.2) is 6.67 Å². The molecule has 0 aromatic rings. The molecule has 5 rings (SSSR count). The van der Waals surface area contributed by atoms with Crippen molar-refractivity contribution in [2.45, 2.75) is 78.2 Å². The van der Waals surface area contributed by atoms with Gasteiger partial charge in [0, 0.05) is 11.3 Å². The van der Waals surface area contributed by atoms with Crippen molar-refractivity contribution in [3.8, 4) is 0 Å². The molecule has 27 heavy (non-hydrogen) atoms. The van der Waals surface area contributed by atoms with Gasteiger partial charge in [-0.2, -0.15) is 0 Å². The first kappa shape index (κ1) is 18.1. The number of halogens is 1. The minimum Gasteiger partial charge on any atom is -0.460 e. The second-order valence-electron chi connectivity index (χ2n) is 10.9. The molecular weight excluding hydrogens is 343 g/mol. The first-order valence-corrected chi connectivity index (χ1v) is 11.0. The molecule has 0 heterocycles. The van der Waals surface area contributed by atoms with Gasteiger partial charge in [-0.15, -0.1) is 0 Å². The van der Waals surface area contributed by atoms with Crippen molar-refractivity contribution in [3.05, 3.63) is 0 Å². The van der Waals surface area contributed by atoms with E-state index in [4.69, 9.17) is 4.74 Å². The summed E-state index contributed by atoms with van der Waals surface area (Å²) in [7, 11) is 0. The molecule has 5 fully saturated rings. The maximum absolute atomic E-state index is 13.0. The zero-order valence-corrected chi connectivity index (χ0v) is 16.9. The molecule has 0 amide bonds. The van der Waals surface area contributed by atoms with Crippen LogP contribution in [0.25, 0.3) is 0 Å². The van der Waals surface area contributed by atoms with E-state index < -0.39 is 12.6 Å². The third-order valence-electron chi connectivity index (χ3n) is 10.4. The highest BCUT2D eigenvalue weighted by atomic mass is 19.1. The quantitative estimate of drug-likeness (QED) is 0.669. The lowest BCUT2D eigenvalue weighted by molar-refractivity contribution is -0.184. The largest absolute Gasteiger partial charge is 0.460 e. The molecular formula is C23H33FO3. The van der Waals surface area contributed by atoms with Crippen LogP contribution in [-0.2, 0) is 14.3 Å². The van der Waals surface area contributed by atoms with E-state index in [1.165, 1.54) is 19.3 Å². The normalized spacial score (nSPS) is 55.1. The molecule has 0 radical (unpaired) electrons. The molecule has 1 spiro atoms. The Morgan fingerprint density at radius 3 is 2.52 bits per heavy atom. The van der Waals surface area contributed by atoms with Crippen molar-refractivity contribution >= 4 is 11.8 Å². The Labute approximate surface area is 161 Å². The summed E-state index contributed by atoms with van der Waals surface area (Å²) in [5.74, 6) is 2.26. The van der Waals surface area contributed by atoms with Gasteiger partial charge >= 0.3 is 5.97 Å². The van der Waals surface area contributed by atoms with Crippen molar-refractivity contribution in [1.29, 1.82) is 0 Å². The number of carbonyl (C=O) groups is 2. The zero-order valence-electron chi connectivity index (χ0n) is 16.9. The lowest BCUT2D eigenvalue weighted by Crippen LogP contribution is -2.57. The second-order valence-corrected chi connectivity index (χ2v) is 10.9. The molecule has 150 valence electrons. The van der Waals surface area contributed by atoms with Crippen LogP contribution >= 0.6 is 0 Å². The number of carbonyl (C=O) groups excluding carboxylic acids is 2. The summed E-state index contributed by atoms with van der Waals surface area (Å²) in [6.45, 7) is 5.54. The molecule has 0 aromatic heterocycles. The average Bonchev–Trinajstić information content (AvgIpc) is 3.13. The van der Waals surface area contributed by atoms with E-state index >= 15 is 0 Å². The first-order chi connectivity index (χ1) is 12.8. The van der Waals surface area contributed by atoms with E-state index in [0.717, 1.165) is 32.1 Å². The summed E-state index contributed by atoms with van der Waals surface area (Å²) in [4.78, 5) is 24.2. The number of Topliss-reactive ketones (excluding diaryl/α,β-unsaturated/α-hetero) is 1. The van der Waals surface area contributed by atoms with Crippen LogP contribution in [0.2, 0.25) is 0 Å². The summed E-state index contributed by atoms with van der Waals surface area (Å²) in [5, 5.41) is 0. The highest BCUT2D eigenvalue weighted by Crippen LogP contribution is 2.82. The number of alkyl halides is 1. The second kappa shape index (κ2) is 5.57. The standard InChI is InChI=1S/C23H33FO3/c1-13(25)16-4-5-17-15-10-19(27-20(26)12-24)23-11-14(23)6-9-22(23,3)18(15)7-8-21(16,17)2/h14-19H,4-12H2,1-3H3/t14-,15-,16+,17-,18-,19+,21+,22+,23-/m0/s1. The van der Waals surface area contributed by atoms with Crippen LogP contribution in [0.1, 0.15) is 72.1 Å². The molecule has 3 nitrogen and oxygen atoms in total. The number of fused-ring (bicyclic) bond motifs is 4. The molecule has 0 N–H and O–H groups in total. The summed E-state index contributed by atoms with van der Waals surface area (Å²) >= 11 is 0. The molecule has 0 aliphatic heterocycles. The lowest BCUT2D eigenvalue weighted by Gasteiger charge is -2.60. The smallest absolute Gasteiger partial charge is 0.337 e. The van der Waals surface area contributed by atoms with Crippen molar-refractivity contribution in [2.24, 2.45) is 45.8 Å². The van der Waals surface area contributed by atoms with E-state index in [9.17, 15) is 14.0 Å². The van der Waals surface area contributed by atoms with E-state index in [0.29, 0.717) is 29.5 Å². The SMILES string of the molecule is CC(=O)[C@H]1CC[C@H]2[C@@H]3C[C@@H](OC(=O)CF)[C@]45C[C@@H]4CC[C@]5(C)[C@H]3CC[C@]12C. The Balaban J connectivity index is 1.51. The highest BCUT2D eigenvalue weighted by molar-refractivity contribution is 5.79. The summed E-state index contributed by atoms with van der Waals surface area (Å²) in [5.41, 5.74) is 0.437. The zero-order chi connectivity index (χ0) is 19.2. The lowest BCUT2D eigenvalue weighted by atomic mass is 9.45. The monoisotopic (exact) mass is 376 g/mol. The molecule has 0 aromatic carbocycles. The highest BCUT2D eigenvalue weighted by Gasteiger charge is 2.78. The predicted molar refractivity (Wildman–Crippen MR) is 99.6 cm³/mol. The van der Waals surface area contributed by atoms with E-state index in [1.807, 2.05) is 0 Å². The third-order valence-corrected chi connectivity index (χ3v) is 10.4. The van der Waals surface area contributed by atoms with Crippen LogP contribution in [0.15, 0.2) is 0 Å². The number of esters is 1. The molecule has 5 aliphatic carbocycles. The number of ether oxygens (including phenoxy) is 1. The molecule has 9 atom stereocenters. The molecule has 0 bridgehead atoms. The number of ketones is 1. The van der Waals surface area contributed by atoms with Gasteiger partial charge in [-0.1, -0.05) is 13.8 Å². The van der Waals surface area contributed by atoms with Gasteiger partial charge < -0.3 is 4.74 Å². The topological polar surface area (TPSA) is 43.4 Å². The van der Waals surface area contributed by atoms with Gasteiger partial charge in [-0.05, 0) is 92.8 Å². The van der Waals surface area contributed by atoms with Gasteiger partial charge in [0.05, 0.1) is 0 Å². The number of rotatable bonds is 3. The van der Waals surface area contributed by atoms with E-state index in [1.54, 1.807) is 6.92 Å². The number of hydrogen-bond donors (Lipinski definition) is 0. The fourth-order valence-corrected chi connectivity index (χ4v) is 9.28. The Morgan fingerprint density at radius 1 is 1.07 bits per heavy atom. The molecule has 5 aliphatic rings. The third kappa shape index (κ3) is 2.08. The van der Waals surface area contributed by atoms with Crippen LogP contribution in [-0.4, -0.2) is 24.5 Å². The molecule has 5 saturated carbocycles. The van der Waals surface area contributed by atoms with Crippen LogP contribution in [0.3, 0.4) is 0 Å². The van der Waals surface area contributed by atoms with E-state index in [2.05, 4.69) is 13.8 Å². The molecule has 4 heteroatoms. The minimum absolute atomic E-state index is 0.101. The van der Waals surface area contributed by atoms with E-state index in [-0.39, 0.29) is 28.3 Å². The molecule has 0 unspecified atom stereocenters. The van der Waals surface area contributed by atoms with Crippen molar-refractivity contribution in [3.63, 3.8) is 0 Å². The number of hydrogen-bond acceptors (Lipinski definition) is 3. The Kier molecular flexibility index (Phi) is 3.74.